The smallest absolute Gasteiger partial charge is 0.0759 e. The van der Waals surface area contributed by atoms with Crippen molar-refractivity contribution in [2.24, 2.45) is 11.8 Å². The molecule has 1 aliphatic carbocycles. The monoisotopic (exact) mass is 224 g/mol. The van der Waals surface area contributed by atoms with Crippen molar-refractivity contribution in [2.45, 2.75) is 38.3 Å². The molecule has 3 nitrogen and oxygen atoms in total. The van der Waals surface area contributed by atoms with Gasteiger partial charge in [-0.15, -0.1) is 0 Å². The van der Waals surface area contributed by atoms with E-state index in [1.807, 2.05) is 0 Å². The van der Waals surface area contributed by atoms with Gasteiger partial charge in [0.05, 0.1) is 6.10 Å². The van der Waals surface area contributed by atoms with Gasteiger partial charge in [0.2, 0.25) is 0 Å². The molecule has 2 heterocycles. The molecule has 0 aromatic heterocycles. The van der Waals surface area contributed by atoms with Crippen LogP contribution in [0.5, 0.6) is 0 Å². The van der Waals surface area contributed by atoms with E-state index in [-0.39, 0.29) is 0 Å². The maximum absolute atomic E-state index is 5.96. The zero-order chi connectivity index (χ0) is 11.0. The number of nitrogens with one attached hydrogen (secondary N) is 1. The molecule has 3 aliphatic rings. The maximum Gasteiger partial charge on any atom is 0.0759 e. The summed E-state index contributed by atoms with van der Waals surface area (Å²) in [6.45, 7) is 8.14. The number of hydrogen-bond acceptors (Lipinski definition) is 3. The summed E-state index contributed by atoms with van der Waals surface area (Å²) in [6.07, 6.45) is 4.63. The average Bonchev–Trinajstić information content (AvgIpc) is 3.04. The zero-order valence-electron chi connectivity index (χ0n) is 10.3. The first-order valence-electron chi connectivity index (χ1n) is 6.91. The molecule has 2 saturated heterocycles. The molecular weight excluding hydrogens is 200 g/mol. The molecule has 0 radical (unpaired) electrons. The average molecular weight is 224 g/mol. The van der Waals surface area contributed by atoms with E-state index >= 15 is 0 Å². The van der Waals surface area contributed by atoms with E-state index in [9.17, 15) is 0 Å². The molecule has 3 rings (SSSR count). The Kier molecular flexibility index (Phi) is 3.18. The van der Waals surface area contributed by atoms with E-state index in [2.05, 4.69) is 17.1 Å². The van der Waals surface area contributed by atoms with Gasteiger partial charge in [0.15, 0.2) is 0 Å². The van der Waals surface area contributed by atoms with Crippen molar-refractivity contribution in [1.29, 1.82) is 0 Å². The molecule has 3 fully saturated rings. The molecule has 0 aromatic rings. The second-order valence-electron chi connectivity index (χ2n) is 5.83. The van der Waals surface area contributed by atoms with Crippen LogP contribution >= 0.6 is 0 Å². The molecule has 0 bridgehead atoms. The van der Waals surface area contributed by atoms with Gasteiger partial charge in [-0.25, -0.2) is 0 Å². The van der Waals surface area contributed by atoms with Gasteiger partial charge in [-0.05, 0) is 37.6 Å². The standard InChI is InChI=1S/C13H24N2O/c1-10-8-14-5-6-15(9-10)12-4-7-16-13(12)11-2-3-11/h10-14H,2-9H2,1H3. The van der Waals surface area contributed by atoms with Crippen LogP contribution in [0.3, 0.4) is 0 Å². The summed E-state index contributed by atoms with van der Waals surface area (Å²) in [5.41, 5.74) is 0. The highest BCUT2D eigenvalue weighted by Crippen LogP contribution is 2.40. The molecule has 0 spiro atoms. The van der Waals surface area contributed by atoms with Crippen LogP contribution in [0.1, 0.15) is 26.2 Å². The summed E-state index contributed by atoms with van der Waals surface area (Å²) in [4.78, 5) is 2.70. The third kappa shape index (κ3) is 2.27. The van der Waals surface area contributed by atoms with Gasteiger partial charge in [0.1, 0.15) is 0 Å². The Labute approximate surface area is 98.5 Å². The molecule has 3 heteroatoms. The van der Waals surface area contributed by atoms with E-state index in [4.69, 9.17) is 4.74 Å². The summed E-state index contributed by atoms with van der Waals surface area (Å²) in [7, 11) is 0. The normalized spacial score (nSPS) is 42.2. The molecule has 2 aliphatic heterocycles. The Morgan fingerprint density at radius 1 is 1.25 bits per heavy atom. The van der Waals surface area contributed by atoms with E-state index in [0.29, 0.717) is 6.10 Å². The van der Waals surface area contributed by atoms with E-state index in [1.54, 1.807) is 0 Å². The van der Waals surface area contributed by atoms with Gasteiger partial charge in [0.25, 0.3) is 0 Å². The van der Waals surface area contributed by atoms with Crippen LogP contribution in [-0.2, 0) is 4.74 Å². The number of nitrogens with zero attached hydrogens (tertiary/aromatic N) is 1. The first kappa shape index (κ1) is 11.0. The fraction of sp³-hybridized carbons (Fsp3) is 1.00. The second-order valence-corrected chi connectivity index (χ2v) is 5.83. The third-order valence-electron chi connectivity index (χ3n) is 4.27. The molecule has 0 aromatic carbocycles. The molecule has 16 heavy (non-hydrogen) atoms. The van der Waals surface area contributed by atoms with E-state index < -0.39 is 0 Å². The van der Waals surface area contributed by atoms with Crippen LogP contribution in [-0.4, -0.2) is 49.8 Å². The molecule has 3 atom stereocenters. The Morgan fingerprint density at radius 2 is 2.12 bits per heavy atom. The fourth-order valence-electron chi connectivity index (χ4n) is 3.29. The van der Waals surface area contributed by atoms with Gasteiger partial charge in [0, 0.05) is 32.3 Å². The van der Waals surface area contributed by atoms with Crippen molar-refractivity contribution in [3.63, 3.8) is 0 Å². The molecule has 3 unspecified atom stereocenters. The maximum atomic E-state index is 5.96. The van der Waals surface area contributed by atoms with E-state index in [0.717, 1.165) is 31.0 Å². The van der Waals surface area contributed by atoms with Crippen LogP contribution in [0.25, 0.3) is 0 Å². The lowest BCUT2D eigenvalue weighted by molar-refractivity contribution is 0.0446. The minimum atomic E-state index is 0.560. The summed E-state index contributed by atoms with van der Waals surface area (Å²) in [5.74, 6) is 1.67. The quantitative estimate of drug-likeness (QED) is 0.760. The van der Waals surface area contributed by atoms with Crippen LogP contribution in [0.4, 0.5) is 0 Å². The highest BCUT2D eigenvalue weighted by Gasteiger charge is 2.43. The summed E-state index contributed by atoms with van der Waals surface area (Å²) in [5, 5.41) is 3.53. The summed E-state index contributed by atoms with van der Waals surface area (Å²) >= 11 is 0. The highest BCUT2D eigenvalue weighted by molar-refractivity contribution is 4.95. The van der Waals surface area contributed by atoms with Gasteiger partial charge < -0.3 is 10.1 Å². The van der Waals surface area contributed by atoms with Crippen molar-refractivity contribution in [3.05, 3.63) is 0 Å². The molecule has 1 saturated carbocycles. The Balaban J connectivity index is 1.65. The van der Waals surface area contributed by atoms with Gasteiger partial charge in [-0.3, -0.25) is 4.90 Å². The van der Waals surface area contributed by atoms with Crippen LogP contribution in [0, 0.1) is 11.8 Å². The topological polar surface area (TPSA) is 24.5 Å². The zero-order valence-corrected chi connectivity index (χ0v) is 10.3. The van der Waals surface area contributed by atoms with Gasteiger partial charge in [-0.1, -0.05) is 6.92 Å². The Bertz CT molecular complexity index is 242. The number of hydrogen-bond donors (Lipinski definition) is 1. The first-order chi connectivity index (χ1) is 7.84. The third-order valence-corrected chi connectivity index (χ3v) is 4.27. The van der Waals surface area contributed by atoms with Gasteiger partial charge in [-0.2, -0.15) is 0 Å². The van der Waals surface area contributed by atoms with Crippen molar-refractivity contribution in [3.8, 4) is 0 Å². The number of rotatable bonds is 2. The lowest BCUT2D eigenvalue weighted by Crippen LogP contribution is -2.44. The van der Waals surface area contributed by atoms with Crippen LogP contribution in [0.15, 0.2) is 0 Å². The van der Waals surface area contributed by atoms with Crippen molar-refractivity contribution in [1.82, 2.24) is 10.2 Å². The SMILES string of the molecule is CC1CNCCN(C2CCOC2C2CC2)C1. The van der Waals surface area contributed by atoms with Crippen LogP contribution < -0.4 is 5.32 Å². The lowest BCUT2D eigenvalue weighted by Gasteiger charge is -2.32. The number of ether oxygens (including phenoxy) is 1. The van der Waals surface area contributed by atoms with Crippen molar-refractivity contribution >= 4 is 0 Å². The molecular formula is C13H24N2O. The Morgan fingerprint density at radius 3 is 2.94 bits per heavy atom. The predicted molar refractivity (Wildman–Crippen MR) is 64.5 cm³/mol. The largest absolute Gasteiger partial charge is 0.376 e. The molecule has 0 amide bonds. The first-order valence-corrected chi connectivity index (χ1v) is 6.91. The van der Waals surface area contributed by atoms with E-state index in [1.165, 1.54) is 38.9 Å². The summed E-state index contributed by atoms with van der Waals surface area (Å²) < 4.78 is 5.96. The predicted octanol–water partition coefficient (Wildman–Crippen LogP) is 1.10. The van der Waals surface area contributed by atoms with Crippen LogP contribution in [0.2, 0.25) is 0 Å². The minimum Gasteiger partial charge on any atom is -0.376 e. The van der Waals surface area contributed by atoms with Crippen molar-refractivity contribution in [2.75, 3.05) is 32.8 Å². The van der Waals surface area contributed by atoms with Crippen molar-refractivity contribution < 1.29 is 4.74 Å². The summed E-state index contributed by atoms with van der Waals surface area (Å²) in [6, 6.07) is 0.717. The Hall–Kier alpha value is -0.120. The minimum absolute atomic E-state index is 0.560. The van der Waals surface area contributed by atoms with Gasteiger partial charge >= 0.3 is 0 Å². The highest BCUT2D eigenvalue weighted by atomic mass is 16.5. The lowest BCUT2D eigenvalue weighted by atomic mass is 10.0. The molecule has 1 N–H and O–H groups in total. The fourth-order valence-corrected chi connectivity index (χ4v) is 3.29. The molecule has 92 valence electrons. The second kappa shape index (κ2) is 4.63.